The Morgan fingerprint density at radius 1 is 1.20 bits per heavy atom. The third kappa shape index (κ3) is 4.28. The Morgan fingerprint density at radius 2 is 1.93 bits per heavy atom. The molecule has 1 aliphatic heterocycles. The first kappa shape index (κ1) is 21.3. The fraction of sp³-hybridized carbons (Fsp3) is 0.150. The molecule has 6 nitrogen and oxygen atoms in total. The molecule has 0 spiro atoms. The van der Waals surface area contributed by atoms with Crippen LogP contribution in [0.25, 0.3) is 6.08 Å². The fourth-order valence-electron chi connectivity index (χ4n) is 2.77. The summed E-state index contributed by atoms with van der Waals surface area (Å²) in [5, 5.41) is 11.8. The summed E-state index contributed by atoms with van der Waals surface area (Å²) >= 11 is 5.00. The van der Waals surface area contributed by atoms with Crippen LogP contribution in [-0.4, -0.2) is 28.6 Å². The predicted octanol–water partition coefficient (Wildman–Crippen LogP) is 3.64. The van der Waals surface area contributed by atoms with Gasteiger partial charge in [-0.15, -0.1) is 0 Å². The van der Waals surface area contributed by atoms with E-state index in [2.05, 4.69) is 5.32 Å². The summed E-state index contributed by atoms with van der Waals surface area (Å²) in [4.78, 5) is 26.1. The number of aromatic hydroxyl groups is 1. The minimum atomic E-state index is -4.61. The first-order valence-corrected chi connectivity index (χ1v) is 9.07. The van der Waals surface area contributed by atoms with Gasteiger partial charge in [-0.3, -0.25) is 19.8 Å². The van der Waals surface area contributed by atoms with Gasteiger partial charge in [-0.05, 0) is 61.1 Å². The summed E-state index contributed by atoms with van der Waals surface area (Å²) in [6.45, 7) is 2.00. The number of hydrogen-bond acceptors (Lipinski definition) is 5. The van der Waals surface area contributed by atoms with E-state index in [-0.39, 0.29) is 34.5 Å². The normalized spacial score (nSPS) is 16.1. The predicted molar refractivity (Wildman–Crippen MR) is 107 cm³/mol. The maximum atomic E-state index is 13.0. The number of nitrogens with one attached hydrogen (secondary N) is 1. The average molecular weight is 436 g/mol. The number of amides is 2. The van der Waals surface area contributed by atoms with E-state index in [0.717, 1.165) is 23.1 Å². The molecule has 0 aromatic heterocycles. The third-order valence-electron chi connectivity index (χ3n) is 4.13. The van der Waals surface area contributed by atoms with Crippen LogP contribution in [0.2, 0.25) is 0 Å². The highest BCUT2D eigenvalue weighted by atomic mass is 32.1. The molecule has 0 atom stereocenters. The molecule has 1 saturated heterocycles. The molecule has 1 aliphatic rings. The van der Waals surface area contributed by atoms with Crippen LogP contribution in [0.4, 0.5) is 18.9 Å². The van der Waals surface area contributed by atoms with Crippen LogP contribution in [0.3, 0.4) is 0 Å². The number of nitrogens with zero attached hydrogens (tertiary/aromatic N) is 1. The number of carbonyl (C=O) groups excluding carboxylic acids is 2. The van der Waals surface area contributed by atoms with E-state index in [1.165, 1.54) is 30.3 Å². The van der Waals surface area contributed by atoms with Gasteiger partial charge in [-0.25, -0.2) is 0 Å². The molecule has 0 aliphatic carbocycles. The molecule has 2 amide bonds. The van der Waals surface area contributed by atoms with Gasteiger partial charge in [0.05, 0.1) is 17.9 Å². The number of hydrogen-bond donors (Lipinski definition) is 2. The van der Waals surface area contributed by atoms with Crippen LogP contribution in [0.15, 0.2) is 48.0 Å². The number of phenols is 1. The lowest BCUT2D eigenvalue weighted by Gasteiger charge is -2.29. The minimum absolute atomic E-state index is 0.120. The van der Waals surface area contributed by atoms with Crippen molar-refractivity contribution in [2.75, 3.05) is 11.5 Å². The minimum Gasteiger partial charge on any atom is -0.504 e. The molecule has 30 heavy (non-hydrogen) atoms. The van der Waals surface area contributed by atoms with Crippen molar-refractivity contribution >= 4 is 40.9 Å². The van der Waals surface area contributed by atoms with Crippen molar-refractivity contribution in [1.29, 1.82) is 0 Å². The van der Waals surface area contributed by atoms with Crippen LogP contribution in [-0.2, 0) is 15.8 Å². The van der Waals surface area contributed by atoms with Crippen molar-refractivity contribution in [3.63, 3.8) is 0 Å². The number of halogens is 3. The van der Waals surface area contributed by atoms with Crippen molar-refractivity contribution < 1.29 is 32.6 Å². The monoisotopic (exact) mass is 436 g/mol. The van der Waals surface area contributed by atoms with E-state index in [1.807, 2.05) is 0 Å². The van der Waals surface area contributed by atoms with Crippen LogP contribution < -0.4 is 15.0 Å². The lowest BCUT2D eigenvalue weighted by atomic mass is 10.1. The number of anilines is 1. The van der Waals surface area contributed by atoms with Crippen molar-refractivity contribution in [3.8, 4) is 11.5 Å². The molecule has 0 unspecified atom stereocenters. The number of alkyl halides is 3. The summed E-state index contributed by atoms with van der Waals surface area (Å²) in [5.74, 6) is -1.64. The van der Waals surface area contributed by atoms with E-state index < -0.39 is 23.6 Å². The zero-order chi connectivity index (χ0) is 22.1. The van der Waals surface area contributed by atoms with E-state index in [0.29, 0.717) is 5.56 Å². The smallest absolute Gasteiger partial charge is 0.416 e. The summed E-state index contributed by atoms with van der Waals surface area (Å²) in [6.07, 6.45) is -3.37. The van der Waals surface area contributed by atoms with Gasteiger partial charge >= 0.3 is 6.18 Å². The van der Waals surface area contributed by atoms with Crippen molar-refractivity contribution in [2.45, 2.75) is 13.1 Å². The molecule has 3 rings (SSSR count). The van der Waals surface area contributed by atoms with Crippen LogP contribution in [0.5, 0.6) is 11.5 Å². The molecule has 156 valence electrons. The molecule has 2 aromatic carbocycles. The highest BCUT2D eigenvalue weighted by molar-refractivity contribution is 7.80. The van der Waals surface area contributed by atoms with E-state index in [4.69, 9.17) is 17.0 Å². The quantitative estimate of drug-likeness (QED) is 0.435. The van der Waals surface area contributed by atoms with Crippen LogP contribution >= 0.6 is 12.2 Å². The molecule has 0 saturated carbocycles. The maximum Gasteiger partial charge on any atom is 0.416 e. The van der Waals surface area contributed by atoms with Crippen LogP contribution in [0, 0.1) is 0 Å². The Hall–Kier alpha value is -3.40. The summed E-state index contributed by atoms with van der Waals surface area (Å²) in [5.41, 5.74) is -1.06. The van der Waals surface area contributed by atoms with Gasteiger partial charge in [0, 0.05) is 0 Å². The van der Waals surface area contributed by atoms with Gasteiger partial charge in [-0.2, -0.15) is 13.2 Å². The van der Waals surface area contributed by atoms with Gasteiger partial charge in [0.2, 0.25) is 0 Å². The average Bonchev–Trinajstić information content (AvgIpc) is 2.67. The SMILES string of the molecule is CCOc1cc(/C=C2\C(=O)NC(=S)N(c3cccc(C(F)(F)F)c3)C2=O)ccc1O. The van der Waals surface area contributed by atoms with E-state index >= 15 is 0 Å². The second-order valence-corrected chi connectivity index (χ2v) is 6.55. The number of phenolic OH excluding ortho intramolecular Hbond substituents is 1. The van der Waals surface area contributed by atoms with Gasteiger partial charge in [0.1, 0.15) is 5.57 Å². The first-order valence-electron chi connectivity index (χ1n) is 8.66. The molecular weight excluding hydrogens is 421 g/mol. The highest BCUT2D eigenvalue weighted by Gasteiger charge is 2.36. The number of thiocarbonyl (C=S) groups is 1. The second kappa shape index (κ2) is 8.15. The molecule has 1 heterocycles. The highest BCUT2D eigenvalue weighted by Crippen LogP contribution is 2.33. The summed E-state index contributed by atoms with van der Waals surface area (Å²) < 4.78 is 44.4. The van der Waals surface area contributed by atoms with E-state index in [1.54, 1.807) is 6.92 Å². The fourth-order valence-corrected chi connectivity index (χ4v) is 3.05. The summed E-state index contributed by atoms with van der Waals surface area (Å²) in [6, 6.07) is 8.26. The molecular formula is C20H15F3N2O4S. The Morgan fingerprint density at radius 3 is 2.60 bits per heavy atom. The number of rotatable bonds is 4. The zero-order valence-corrected chi connectivity index (χ0v) is 16.3. The number of benzene rings is 2. The van der Waals surface area contributed by atoms with Gasteiger partial charge in [-0.1, -0.05) is 12.1 Å². The Labute approximate surface area is 174 Å². The second-order valence-electron chi connectivity index (χ2n) is 6.17. The molecule has 10 heteroatoms. The van der Waals surface area contributed by atoms with Gasteiger partial charge < -0.3 is 9.84 Å². The number of carbonyl (C=O) groups is 2. The molecule has 1 fully saturated rings. The van der Waals surface area contributed by atoms with E-state index in [9.17, 15) is 27.9 Å². The summed E-state index contributed by atoms with van der Waals surface area (Å²) in [7, 11) is 0. The van der Waals surface area contributed by atoms with Crippen molar-refractivity contribution in [3.05, 3.63) is 59.2 Å². The number of ether oxygens (including phenoxy) is 1. The molecule has 0 radical (unpaired) electrons. The lowest BCUT2D eigenvalue weighted by Crippen LogP contribution is -2.54. The zero-order valence-electron chi connectivity index (χ0n) is 15.5. The molecule has 2 N–H and O–H groups in total. The Balaban J connectivity index is 2.01. The standard InChI is InChI=1S/C20H15F3N2O4S/c1-2-29-16-9-11(6-7-15(16)26)8-14-17(27)24-19(30)25(18(14)28)13-5-3-4-12(10-13)20(21,22)23/h3-10,26H,2H2,1H3,(H,24,27,30)/b14-8+. The Bertz CT molecular complexity index is 1070. The third-order valence-corrected chi connectivity index (χ3v) is 4.41. The van der Waals surface area contributed by atoms with Gasteiger partial charge in [0.15, 0.2) is 16.6 Å². The molecule has 0 bridgehead atoms. The maximum absolute atomic E-state index is 13.0. The largest absolute Gasteiger partial charge is 0.504 e. The Kier molecular flexibility index (Phi) is 5.79. The van der Waals surface area contributed by atoms with Gasteiger partial charge in [0.25, 0.3) is 11.8 Å². The molecule has 2 aromatic rings. The van der Waals surface area contributed by atoms with Crippen molar-refractivity contribution in [1.82, 2.24) is 5.32 Å². The van der Waals surface area contributed by atoms with Crippen LogP contribution in [0.1, 0.15) is 18.1 Å². The lowest BCUT2D eigenvalue weighted by molar-refractivity contribution is -0.137. The van der Waals surface area contributed by atoms with Crippen molar-refractivity contribution in [2.24, 2.45) is 0 Å². The topological polar surface area (TPSA) is 78.9 Å². The first-order chi connectivity index (χ1) is 14.1.